The normalized spacial score (nSPS) is 25.0. The summed E-state index contributed by atoms with van der Waals surface area (Å²) in [7, 11) is 3.30. The van der Waals surface area contributed by atoms with Gasteiger partial charge in [0, 0.05) is 45.2 Å². The van der Waals surface area contributed by atoms with E-state index in [1.165, 1.54) is 0 Å². The van der Waals surface area contributed by atoms with Crippen LogP contribution in [0.4, 0.5) is 0 Å². The van der Waals surface area contributed by atoms with E-state index in [9.17, 15) is 9.59 Å². The van der Waals surface area contributed by atoms with Crippen molar-refractivity contribution in [3.8, 4) is 5.75 Å². The Balaban J connectivity index is 1.49. The number of rotatable bonds is 8. The molecule has 3 N–H and O–H groups in total. The number of piperidine rings is 1. The van der Waals surface area contributed by atoms with Gasteiger partial charge in [0.25, 0.3) is 0 Å². The van der Waals surface area contributed by atoms with Crippen LogP contribution in [0.5, 0.6) is 5.75 Å². The van der Waals surface area contributed by atoms with Crippen molar-refractivity contribution in [3.63, 3.8) is 0 Å². The summed E-state index contributed by atoms with van der Waals surface area (Å²) in [5.74, 6) is 0.698. The van der Waals surface area contributed by atoms with Gasteiger partial charge in [0.15, 0.2) is 0 Å². The summed E-state index contributed by atoms with van der Waals surface area (Å²) in [6, 6.07) is 8.12. The van der Waals surface area contributed by atoms with E-state index in [1.807, 2.05) is 24.3 Å². The first-order valence-corrected chi connectivity index (χ1v) is 9.77. The van der Waals surface area contributed by atoms with Crippen LogP contribution in [0.3, 0.4) is 0 Å². The average Bonchev–Trinajstić information content (AvgIpc) is 3.16. The van der Waals surface area contributed by atoms with E-state index in [2.05, 4.69) is 16.2 Å². The SMILES string of the molecule is COCC1CC(CNC(=O)C2CCC(=O)N(Cc3cccc(OC)c3)C2)NN1. The van der Waals surface area contributed by atoms with Crippen LogP contribution in [0.1, 0.15) is 24.8 Å². The topological polar surface area (TPSA) is 91.9 Å². The van der Waals surface area contributed by atoms with Crippen LogP contribution in [0.15, 0.2) is 24.3 Å². The minimum Gasteiger partial charge on any atom is -0.497 e. The number of hydrogen-bond donors (Lipinski definition) is 3. The van der Waals surface area contributed by atoms with E-state index in [4.69, 9.17) is 9.47 Å². The molecule has 3 atom stereocenters. The average molecular weight is 390 g/mol. The number of ether oxygens (including phenoxy) is 2. The van der Waals surface area contributed by atoms with Gasteiger partial charge >= 0.3 is 0 Å². The third-order valence-electron chi connectivity index (χ3n) is 5.33. The quantitative estimate of drug-likeness (QED) is 0.596. The Hall–Kier alpha value is -2.16. The molecule has 3 unspecified atom stereocenters. The molecule has 154 valence electrons. The zero-order chi connectivity index (χ0) is 19.9. The number of nitrogens with one attached hydrogen (secondary N) is 3. The van der Waals surface area contributed by atoms with Gasteiger partial charge in [0.2, 0.25) is 11.8 Å². The maximum absolute atomic E-state index is 12.6. The Morgan fingerprint density at radius 3 is 2.89 bits per heavy atom. The summed E-state index contributed by atoms with van der Waals surface area (Å²) in [5, 5.41) is 3.03. The fraction of sp³-hybridized carbons (Fsp3) is 0.600. The summed E-state index contributed by atoms with van der Waals surface area (Å²) in [6.45, 7) is 2.14. The predicted octanol–water partition coefficient (Wildman–Crippen LogP) is 0.432. The number of amides is 2. The smallest absolute Gasteiger partial charge is 0.224 e. The van der Waals surface area contributed by atoms with Crippen molar-refractivity contribution >= 4 is 11.8 Å². The van der Waals surface area contributed by atoms with E-state index >= 15 is 0 Å². The Morgan fingerprint density at radius 2 is 2.11 bits per heavy atom. The third-order valence-corrected chi connectivity index (χ3v) is 5.33. The molecule has 0 spiro atoms. The number of hydrazine groups is 1. The molecule has 0 bridgehead atoms. The second-order valence-electron chi connectivity index (χ2n) is 7.48. The second kappa shape index (κ2) is 9.86. The van der Waals surface area contributed by atoms with E-state index in [0.29, 0.717) is 39.1 Å². The van der Waals surface area contributed by atoms with Crippen LogP contribution in [0, 0.1) is 5.92 Å². The predicted molar refractivity (Wildman–Crippen MR) is 104 cm³/mol. The van der Waals surface area contributed by atoms with Gasteiger partial charge in [0.05, 0.1) is 19.6 Å². The first-order valence-electron chi connectivity index (χ1n) is 9.77. The highest BCUT2D eigenvalue weighted by Crippen LogP contribution is 2.21. The summed E-state index contributed by atoms with van der Waals surface area (Å²) in [6.07, 6.45) is 1.91. The second-order valence-corrected chi connectivity index (χ2v) is 7.48. The fourth-order valence-corrected chi connectivity index (χ4v) is 3.78. The zero-order valence-electron chi connectivity index (χ0n) is 16.6. The molecule has 2 amide bonds. The molecule has 2 heterocycles. The molecule has 2 saturated heterocycles. The van der Waals surface area contributed by atoms with Gasteiger partial charge in [-0.3, -0.25) is 20.4 Å². The van der Waals surface area contributed by atoms with Gasteiger partial charge in [-0.2, -0.15) is 0 Å². The number of methoxy groups -OCH3 is 2. The molecule has 8 nitrogen and oxygen atoms in total. The molecule has 0 saturated carbocycles. The van der Waals surface area contributed by atoms with E-state index in [0.717, 1.165) is 17.7 Å². The Kier molecular flexibility index (Phi) is 7.24. The lowest BCUT2D eigenvalue weighted by molar-refractivity contribution is -0.138. The van der Waals surface area contributed by atoms with Crippen molar-refractivity contribution in [3.05, 3.63) is 29.8 Å². The van der Waals surface area contributed by atoms with Crippen LogP contribution >= 0.6 is 0 Å². The van der Waals surface area contributed by atoms with Gasteiger partial charge in [-0.15, -0.1) is 0 Å². The van der Waals surface area contributed by atoms with E-state index < -0.39 is 0 Å². The monoisotopic (exact) mass is 390 g/mol. The van der Waals surface area contributed by atoms with Crippen LogP contribution in [-0.2, 0) is 20.9 Å². The van der Waals surface area contributed by atoms with Crippen LogP contribution in [0.2, 0.25) is 0 Å². The molecule has 2 aliphatic heterocycles. The fourth-order valence-electron chi connectivity index (χ4n) is 3.78. The van der Waals surface area contributed by atoms with Gasteiger partial charge in [-0.25, -0.2) is 0 Å². The van der Waals surface area contributed by atoms with E-state index in [1.54, 1.807) is 19.1 Å². The zero-order valence-corrected chi connectivity index (χ0v) is 16.6. The van der Waals surface area contributed by atoms with Crippen LogP contribution < -0.4 is 20.9 Å². The van der Waals surface area contributed by atoms with Crippen molar-refractivity contribution in [2.75, 3.05) is 33.9 Å². The van der Waals surface area contributed by atoms with Crippen molar-refractivity contribution in [2.45, 2.75) is 37.9 Å². The van der Waals surface area contributed by atoms with Crippen LogP contribution in [0.25, 0.3) is 0 Å². The Labute approximate surface area is 165 Å². The minimum absolute atomic E-state index is 0.0140. The molecule has 0 aromatic heterocycles. The Morgan fingerprint density at radius 1 is 1.29 bits per heavy atom. The molecule has 3 rings (SSSR count). The largest absolute Gasteiger partial charge is 0.497 e. The first-order chi connectivity index (χ1) is 13.6. The highest BCUT2D eigenvalue weighted by atomic mass is 16.5. The van der Waals surface area contributed by atoms with Gasteiger partial charge in [0.1, 0.15) is 5.75 Å². The summed E-state index contributed by atoms with van der Waals surface area (Å²) in [5.41, 5.74) is 7.36. The number of hydrogen-bond acceptors (Lipinski definition) is 6. The highest BCUT2D eigenvalue weighted by molar-refractivity contribution is 5.83. The maximum atomic E-state index is 12.6. The van der Waals surface area contributed by atoms with Crippen molar-refractivity contribution in [2.24, 2.45) is 5.92 Å². The van der Waals surface area contributed by atoms with Crippen molar-refractivity contribution < 1.29 is 19.1 Å². The third kappa shape index (κ3) is 5.43. The number of likely N-dealkylation sites (tertiary alicyclic amines) is 1. The Bertz CT molecular complexity index is 684. The molecule has 28 heavy (non-hydrogen) atoms. The lowest BCUT2D eigenvalue weighted by Gasteiger charge is -2.32. The molecular weight excluding hydrogens is 360 g/mol. The number of carbonyl (C=O) groups is 2. The summed E-state index contributed by atoms with van der Waals surface area (Å²) >= 11 is 0. The lowest BCUT2D eigenvalue weighted by Crippen LogP contribution is -2.47. The molecule has 1 aromatic carbocycles. The minimum atomic E-state index is -0.174. The lowest BCUT2D eigenvalue weighted by atomic mass is 9.96. The van der Waals surface area contributed by atoms with Gasteiger partial charge < -0.3 is 19.7 Å². The van der Waals surface area contributed by atoms with Crippen molar-refractivity contribution in [1.29, 1.82) is 0 Å². The van der Waals surface area contributed by atoms with Crippen molar-refractivity contribution in [1.82, 2.24) is 21.1 Å². The standard InChI is InChI=1S/C20H30N4O4/c1-27-13-17-9-16(22-23-17)10-21-20(26)15-6-7-19(25)24(12-15)11-14-4-3-5-18(8-14)28-2/h3-5,8,15-17,22-23H,6-7,9-13H2,1-2H3,(H,21,26). The number of carbonyl (C=O) groups excluding carboxylic acids is 2. The van der Waals surface area contributed by atoms with Crippen LogP contribution in [-0.4, -0.2) is 62.7 Å². The maximum Gasteiger partial charge on any atom is 0.224 e. The van der Waals surface area contributed by atoms with Gasteiger partial charge in [-0.1, -0.05) is 12.1 Å². The molecule has 0 aliphatic carbocycles. The highest BCUT2D eigenvalue weighted by Gasteiger charge is 2.31. The molecule has 8 heteroatoms. The molecule has 0 radical (unpaired) electrons. The van der Waals surface area contributed by atoms with Gasteiger partial charge in [-0.05, 0) is 30.5 Å². The summed E-state index contributed by atoms with van der Waals surface area (Å²) in [4.78, 5) is 26.7. The number of nitrogens with zero attached hydrogens (tertiary/aromatic N) is 1. The summed E-state index contributed by atoms with van der Waals surface area (Å²) < 4.78 is 10.4. The van der Waals surface area contributed by atoms with E-state index in [-0.39, 0.29) is 29.8 Å². The first kappa shape index (κ1) is 20.6. The molecule has 2 fully saturated rings. The molecule has 2 aliphatic rings. The molecule has 1 aromatic rings. The molecular formula is C20H30N4O4. The number of benzene rings is 1.